The zero-order valence-corrected chi connectivity index (χ0v) is 12.4. The summed E-state index contributed by atoms with van der Waals surface area (Å²) in [6.45, 7) is 3.20. The molecule has 19 heavy (non-hydrogen) atoms. The third-order valence-corrected chi connectivity index (χ3v) is 4.83. The summed E-state index contributed by atoms with van der Waals surface area (Å²) in [5, 5.41) is 0. The lowest BCUT2D eigenvalue weighted by atomic mass is 9.99. The number of benzene rings is 1. The van der Waals surface area contributed by atoms with Gasteiger partial charge < -0.3 is 10.6 Å². The first-order valence-corrected chi connectivity index (χ1v) is 7.68. The second-order valence-corrected chi connectivity index (χ2v) is 6.03. The Bertz CT molecular complexity index is 363. The number of rotatable bonds is 6. The van der Waals surface area contributed by atoms with Crippen LogP contribution in [-0.2, 0) is 6.42 Å². The van der Waals surface area contributed by atoms with Crippen LogP contribution in [0.4, 0.5) is 0 Å². The summed E-state index contributed by atoms with van der Waals surface area (Å²) >= 11 is 0. The molecule has 1 aliphatic rings. The fourth-order valence-corrected chi connectivity index (χ4v) is 3.38. The van der Waals surface area contributed by atoms with E-state index in [-0.39, 0.29) is 0 Å². The van der Waals surface area contributed by atoms with Gasteiger partial charge in [0.05, 0.1) is 0 Å². The molecule has 0 saturated heterocycles. The number of nitrogens with two attached hydrogens (primary N) is 1. The molecule has 2 rings (SSSR count). The molecule has 0 aromatic heterocycles. The van der Waals surface area contributed by atoms with Crippen LogP contribution >= 0.6 is 0 Å². The van der Waals surface area contributed by atoms with Gasteiger partial charge in [-0.05, 0) is 57.7 Å². The molecule has 3 unspecified atom stereocenters. The Labute approximate surface area is 118 Å². The van der Waals surface area contributed by atoms with Gasteiger partial charge in [0.15, 0.2) is 0 Å². The Morgan fingerprint density at radius 2 is 2.00 bits per heavy atom. The molecule has 106 valence electrons. The van der Waals surface area contributed by atoms with Crippen molar-refractivity contribution in [2.45, 2.75) is 51.1 Å². The van der Waals surface area contributed by atoms with E-state index in [4.69, 9.17) is 5.73 Å². The van der Waals surface area contributed by atoms with Crippen molar-refractivity contribution in [3.8, 4) is 0 Å². The van der Waals surface area contributed by atoms with E-state index in [1.54, 1.807) is 0 Å². The van der Waals surface area contributed by atoms with E-state index in [1.807, 2.05) is 0 Å². The summed E-state index contributed by atoms with van der Waals surface area (Å²) in [5.41, 5.74) is 7.35. The Kier molecular flexibility index (Phi) is 5.41. The highest BCUT2D eigenvalue weighted by atomic mass is 15.2. The van der Waals surface area contributed by atoms with Gasteiger partial charge in [0.25, 0.3) is 0 Å². The van der Waals surface area contributed by atoms with Gasteiger partial charge in [0.1, 0.15) is 0 Å². The molecule has 0 aliphatic heterocycles. The Morgan fingerprint density at radius 3 is 2.68 bits per heavy atom. The van der Waals surface area contributed by atoms with Gasteiger partial charge in [-0.1, -0.05) is 36.8 Å². The third-order valence-electron chi connectivity index (χ3n) is 4.83. The molecule has 0 amide bonds. The number of aryl methyl sites for hydroxylation is 1. The maximum atomic E-state index is 5.90. The lowest BCUT2D eigenvalue weighted by Crippen LogP contribution is -2.42. The minimum atomic E-state index is 0.636. The second kappa shape index (κ2) is 7.06. The van der Waals surface area contributed by atoms with Crippen molar-refractivity contribution in [2.24, 2.45) is 11.7 Å². The normalized spacial score (nSPS) is 24.8. The van der Waals surface area contributed by atoms with Crippen LogP contribution in [0.3, 0.4) is 0 Å². The summed E-state index contributed by atoms with van der Waals surface area (Å²) in [6, 6.07) is 12.1. The molecule has 2 nitrogen and oxygen atoms in total. The average Bonchev–Trinajstić information content (AvgIpc) is 2.93. The molecular weight excluding hydrogens is 232 g/mol. The van der Waals surface area contributed by atoms with E-state index in [0.29, 0.717) is 18.0 Å². The fraction of sp³-hybridized carbons (Fsp3) is 0.647. The molecule has 3 atom stereocenters. The van der Waals surface area contributed by atoms with Gasteiger partial charge in [-0.25, -0.2) is 0 Å². The quantitative estimate of drug-likeness (QED) is 0.851. The predicted octanol–water partition coefficient (Wildman–Crippen LogP) is 3.07. The zero-order valence-electron chi connectivity index (χ0n) is 12.4. The van der Waals surface area contributed by atoms with Gasteiger partial charge in [0.2, 0.25) is 0 Å². The minimum Gasteiger partial charge on any atom is -0.330 e. The highest BCUT2D eigenvalue weighted by molar-refractivity contribution is 5.14. The van der Waals surface area contributed by atoms with E-state index in [0.717, 1.165) is 6.54 Å². The SMILES string of the molecule is CC(CCc1ccccc1)N(C)C1CCCC1CN. The van der Waals surface area contributed by atoms with Crippen LogP contribution in [0.15, 0.2) is 30.3 Å². The van der Waals surface area contributed by atoms with Gasteiger partial charge in [-0.3, -0.25) is 0 Å². The highest BCUT2D eigenvalue weighted by Crippen LogP contribution is 2.30. The zero-order chi connectivity index (χ0) is 13.7. The van der Waals surface area contributed by atoms with Crippen LogP contribution in [0.5, 0.6) is 0 Å². The summed E-state index contributed by atoms with van der Waals surface area (Å²) in [5.74, 6) is 0.712. The molecular formula is C17H28N2. The van der Waals surface area contributed by atoms with Crippen LogP contribution in [0.2, 0.25) is 0 Å². The molecule has 0 bridgehead atoms. The van der Waals surface area contributed by atoms with Crippen molar-refractivity contribution in [2.75, 3.05) is 13.6 Å². The minimum absolute atomic E-state index is 0.636. The summed E-state index contributed by atoms with van der Waals surface area (Å²) in [7, 11) is 2.29. The molecule has 1 aromatic carbocycles. The van der Waals surface area contributed by atoms with E-state index in [9.17, 15) is 0 Å². The Balaban J connectivity index is 1.83. The Hall–Kier alpha value is -0.860. The van der Waals surface area contributed by atoms with E-state index in [2.05, 4.69) is 49.2 Å². The number of hydrogen-bond acceptors (Lipinski definition) is 2. The molecule has 0 spiro atoms. The second-order valence-electron chi connectivity index (χ2n) is 6.03. The Morgan fingerprint density at radius 1 is 1.26 bits per heavy atom. The van der Waals surface area contributed by atoms with Gasteiger partial charge in [-0.15, -0.1) is 0 Å². The van der Waals surface area contributed by atoms with Gasteiger partial charge in [-0.2, -0.15) is 0 Å². The maximum Gasteiger partial charge on any atom is 0.0135 e. The van der Waals surface area contributed by atoms with Gasteiger partial charge in [0, 0.05) is 12.1 Å². The van der Waals surface area contributed by atoms with Crippen LogP contribution in [0.25, 0.3) is 0 Å². The fourth-order valence-electron chi connectivity index (χ4n) is 3.38. The molecule has 1 aliphatic carbocycles. The molecule has 2 heteroatoms. The van der Waals surface area contributed by atoms with Crippen molar-refractivity contribution < 1.29 is 0 Å². The first-order valence-electron chi connectivity index (χ1n) is 7.68. The molecule has 0 heterocycles. The number of hydrogen-bond donors (Lipinski definition) is 1. The highest BCUT2D eigenvalue weighted by Gasteiger charge is 2.31. The van der Waals surface area contributed by atoms with Crippen molar-refractivity contribution in [1.29, 1.82) is 0 Å². The standard InChI is InChI=1S/C17H28N2/c1-14(11-12-15-7-4-3-5-8-15)19(2)17-10-6-9-16(17)13-18/h3-5,7-8,14,16-17H,6,9-13,18H2,1-2H3. The van der Waals surface area contributed by atoms with E-state index in [1.165, 1.54) is 37.7 Å². The van der Waals surface area contributed by atoms with Crippen LogP contribution in [0.1, 0.15) is 38.2 Å². The largest absolute Gasteiger partial charge is 0.330 e. The van der Waals surface area contributed by atoms with Crippen LogP contribution in [0, 0.1) is 5.92 Å². The van der Waals surface area contributed by atoms with Crippen LogP contribution < -0.4 is 5.73 Å². The topological polar surface area (TPSA) is 29.3 Å². The lowest BCUT2D eigenvalue weighted by molar-refractivity contribution is 0.145. The van der Waals surface area contributed by atoms with E-state index >= 15 is 0 Å². The monoisotopic (exact) mass is 260 g/mol. The van der Waals surface area contributed by atoms with Crippen molar-refractivity contribution in [3.63, 3.8) is 0 Å². The third kappa shape index (κ3) is 3.80. The summed E-state index contributed by atoms with van der Waals surface area (Å²) < 4.78 is 0. The van der Waals surface area contributed by atoms with Crippen molar-refractivity contribution in [3.05, 3.63) is 35.9 Å². The molecule has 0 radical (unpaired) electrons. The lowest BCUT2D eigenvalue weighted by Gasteiger charge is -2.34. The molecule has 2 N–H and O–H groups in total. The average molecular weight is 260 g/mol. The molecule has 1 saturated carbocycles. The first-order chi connectivity index (χ1) is 9.22. The predicted molar refractivity (Wildman–Crippen MR) is 82.2 cm³/mol. The van der Waals surface area contributed by atoms with Gasteiger partial charge >= 0.3 is 0 Å². The van der Waals surface area contributed by atoms with Crippen molar-refractivity contribution in [1.82, 2.24) is 4.90 Å². The summed E-state index contributed by atoms with van der Waals surface area (Å²) in [6.07, 6.45) is 6.40. The molecule has 1 fully saturated rings. The van der Waals surface area contributed by atoms with E-state index < -0.39 is 0 Å². The summed E-state index contributed by atoms with van der Waals surface area (Å²) in [4.78, 5) is 2.58. The molecule has 1 aromatic rings. The maximum absolute atomic E-state index is 5.90. The van der Waals surface area contributed by atoms with Crippen LogP contribution in [-0.4, -0.2) is 30.6 Å². The number of nitrogens with zero attached hydrogens (tertiary/aromatic N) is 1. The van der Waals surface area contributed by atoms with Crippen molar-refractivity contribution >= 4 is 0 Å². The smallest absolute Gasteiger partial charge is 0.0135 e. The first kappa shape index (κ1) is 14.5.